The van der Waals surface area contributed by atoms with Gasteiger partial charge >= 0.3 is 0 Å². The van der Waals surface area contributed by atoms with Gasteiger partial charge in [-0.1, -0.05) is 17.7 Å². The Labute approximate surface area is 118 Å². The lowest BCUT2D eigenvalue weighted by Gasteiger charge is -2.17. The van der Waals surface area contributed by atoms with Crippen LogP contribution < -0.4 is 5.32 Å². The fourth-order valence-corrected chi connectivity index (χ4v) is 4.19. The van der Waals surface area contributed by atoms with Gasteiger partial charge < -0.3 is 5.32 Å². The van der Waals surface area contributed by atoms with Crippen molar-refractivity contribution < 1.29 is 12.8 Å². The van der Waals surface area contributed by atoms with Gasteiger partial charge in [-0.3, -0.25) is 0 Å². The molecule has 0 spiro atoms. The molecule has 19 heavy (non-hydrogen) atoms. The standard InChI is InChI=1S/C13H17ClFNO2S/c1-9(10-4-5-12(14)13(15)7-10)16-8-11-3-2-6-19(11,17)18/h4-5,7,9,11,16H,2-3,6,8H2,1H3. The maximum Gasteiger partial charge on any atom is 0.154 e. The Kier molecular flexibility index (Phi) is 4.48. The average Bonchev–Trinajstić information content (AvgIpc) is 2.69. The fourth-order valence-electron chi connectivity index (χ4n) is 2.30. The summed E-state index contributed by atoms with van der Waals surface area (Å²) in [5.41, 5.74) is 0.761. The number of halogens is 2. The summed E-state index contributed by atoms with van der Waals surface area (Å²) in [6.07, 6.45) is 1.44. The summed E-state index contributed by atoms with van der Waals surface area (Å²) in [7, 11) is -2.94. The van der Waals surface area contributed by atoms with Crippen LogP contribution in [0.5, 0.6) is 0 Å². The van der Waals surface area contributed by atoms with Gasteiger partial charge in [0.2, 0.25) is 0 Å². The van der Waals surface area contributed by atoms with Crippen molar-refractivity contribution in [1.29, 1.82) is 0 Å². The number of benzene rings is 1. The molecule has 2 atom stereocenters. The van der Waals surface area contributed by atoms with E-state index in [0.717, 1.165) is 12.0 Å². The Morgan fingerprint density at radius 2 is 2.26 bits per heavy atom. The summed E-state index contributed by atoms with van der Waals surface area (Å²) in [4.78, 5) is 0. The van der Waals surface area contributed by atoms with Gasteiger partial charge in [0, 0.05) is 12.6 Å². The highest BCUT2D eigenvalue weighted by Crippen LogP contribution is 2.22. The Morgan fingerprint density at radius 1 is 1.53 bits per heavy atom. The molecule has 1 aliphatic rings. The van der Waals surface area contributed by atoms with Crippen molar-refractivity contribution in [3.8, 4) is 0 Å². The minimum atomic E-state index is -2.94. The Bertz CT molecular complexity index is 562. The summed E-state index contributed by atoms with van der Waals surface area (Å²) < 4.78 is 36.7. The molecule has 2 unspecified atom stereocenters. The van der Waals surface area contributed by atoms with Gasteiger partial charge in [0.1, 0.15) is 5.82 Å². The highest BCUT2D eigenvalue weighted by molar-refractivity contribution is 7.92. The van der Waals surface area contributed by atoms with E-state index in [4.69, 9.17) is 11.6 Å². The molecule has 0 radical (unpaired) electrons. The molecule has 0 aromatic heterocycles. The summed E-state index contributed by atoms with van der Waals surface area (Å²) >= 11 is 5.63. The lowest BCUT2D eigenvalue weighted by Crippen LogP contribution is -2.32. The van der Waals surface area contributed by atoms with Crippen molar-refractivity contribution in [1.82, 2.24) is 5.32 Å². The van der Waals surface area contributed by atoms with Gasteiger partial charge in [0.05, 0.1) is 16.0 Å². The van der Waals surface area contributed by atoms with Crippen LogP contribution in [0.1, 0.15) is 31.4 Å². The average molecular weight is 306 g/mol. The second kappa shape index (κ2) is 5.77. The van der Waals surface area contributed by atoms with Crippen LogP contribution in [0.25, 0.3) is 0 Å². The summed E-state index contributed by atoms with van der Waals surface area (Å²) in [6, 6.07) is 4.52. The molecule has 1 aromatic rings. The van der Waals surface area contributed by atoms with Gasteiger partial charge in [-0.15, -0.1) is 0 Å². The van der Waals surface area contributed by atoms with Gasteiger partial charge in [0.25, 0.3) is 0 Å². The van der Waals surface area contributed by atoms with E-state index in [1.165, 1.54) is 12.1 Å². The molecule has 0 saturated carbocycles. The molecule has 1 aromatic carbocycles. The molecule has 1 heterocycles. The minimum absolute atomic E-state index is 0.0920. The third-order valence-electron chi connectivity index (χ3n) is 3.56. The van der Waals surface area contributed by atoms with E-state index in [9.17, 15) is 12.8 Å². The molecule has 0 aliphatic carbocycles. The van der Waals surface area contributed by atoms with E-state index >= 15 is 0 Å². The molecule has 0 bridgehead atoms. The molecule has 0 amide bonds. The van der Waals surface area contributed by atoms with E-state index in [0.29, 0.717) is 13.0 Å². The second-order valence-electron chi connectivity index (χ2n) is 4.93. The van der Waals surface area contributed by atoms with E-state index < -0.39 is 15.7 Å². The lowest BCUT2D eigenvalue weighted by molar-refractivity contribution is 0.534. The number of nitrogens with one attached hydrogen (secondary N) is 1. The van der Waals surface area contributed by atoms with E-state index in [2.05, 4.69) is 5.32 Å². The van der Waals surface area contributed by atoms with E-state index in [1.807, 2.05) is 6.92 Å². The predicted molar refractivity (Wildman–Crippen MR) is 74.6 cm³/mol. The van der Waals surface area contributed by atoms with Gasteiger partial charge in [0.15, 0.2) is 9.84 Å². The van der Waals surface area contributed by atoms with Crippen LogP contribution in [-0.4, -0.2) is 26.0 Å². The minimum Gasteiger partial charge on any atom is -0.309 e. The highest BCUT2D eigenvalue weighted by Gasteiger charge is 2.31. The number of rotatable bonds is 4. The number of hydrogen-bond acceptors (Lipinski definition) is 3. The first-order valence-electron chi connectivity index (χ1n) is 6.30. The second-order valence-corrected chi connectivity index (χ2v) is 7.74. The normalized spacial score (nSPS) is 23.4. The maximum atomic E-state index is 13.3. The monoisotopic (exact) mass is 305 g/mol. The smallest absolute Gasteiger partial charge is 0.154 e. The van der Waals surface area contributed by atoms with Crippen molar-refractivity contribution in [2.75, 3.05) is 12.3 Å². The summed E-state index contributed by atoms with van der Waals surface area (Å²) in [5, 5.41) is 2.93. The zero-order valence-electron chi connectivity index (χ0n) is 10.7. The molecule has 3 nitrogen and oxygen atoms in total. The van der Waals surface area contributed by atoms with Gasteiger partial charge in [-0.25, -0.2) is 12.8 Å². The van der Waals surface area contributed by atoms with Crippen molar-refractivity contribution in [2.45, 2.75) is 31.1 Å². The first-order valence-corrected chi connectivity index (χ1v) is 8.39. The molecule has 2 rings (SSSR count). The van der Waals surface area contributed by atoms with Gasteiger partial charge in [-0.05, 0) is 37.5 Å². The predicted octanol–water partition coefficient (Wildman–Crippen LogP) is 2.71. The van der Waals surface area contributed by atoms with E-state index in [1.54, 1.807) is 6.07 Å². The quantitative estimate of drug-likeness (QED) is 0.930. The van der Waals surface area contributed by atoms with Crippen LogP contribution in [-0.2, 0) is 9.84 Å². The summed E-state index contributed by atoms with van der Waals surface area (Å²) in [5.74, 6) is -0.176. The first-order chi connectivity index (χ1) is 8.90. The van der Waals surface area contributed by atoms with Crippen LogP contribution in [0.15, 0.2) is 18.2 Å². The molecule has 6 heteroatoms. The van der Waals surface area contributed by atoms with Crippen LogP contribution in [0.3, 0.4) is 0 Å². The van der Waals surface area contributed by atoms with Crippen molar-refractivity contribution >= 4 is 21.4 Å². The van der Waals surface area contributed by atoms with Crippen LogP contribution >= 0.6 is 11.6 Å². The summed E-state index contributed by atoms with van der Waals surface area (Å²) in [6.45, 7) is 2.29. The molecule has 1 N–H and O–H groups in total. The lowest BCUT2D eigenvalue weighted by atomic mass is 10.1. The van der Waals surface area contributed by atoms with Crippen LogP contribution in [0.2, 0.25) is 5.02 Å². The molecular weight excluding hydrogens is 289 g/mol. The van der Waals surface area contributed by atoms with E-state index in [-0.39, 0.29) is 22.1 Å². The Balaban J connectivity index is 1.98. The molecule has 1 fully saturated rings. The zero-order chi connectivity index (χ0) is 14.0. The third-order valence-corrected chi connectivity index (χ3v) is 6.14. The van der Waals surface area contributed by atoms with Crippen LogP contribution in [0, 0.1) is 5.82 Å². The molecule has 1 aliphatic heterocycles. The highest BCUT2D eigenvalue weighted by atomic mass is 35.5. The Morgan fingerprint density at radius 3 is 2.84 bits per heavy atom. The van der Waals surface area contributed by atoms with Crippen molar-refractivity contribution in [3.05, 3.63) is 34.6 Å². The fraction of sp³-hybridized carbons (Fsp3) is 0.538. The Hall–Kier alpha value is -0.650. The topological polar surface area (TPSA) is 46.2 Å². The SMILES string of the molecule is CC(NCC1CCCS1(=O)=O)c1ccc(Cl)c(F)c1. The molecule has 106 valence electrons. The number of hydrogen-bond donors (Lipinski definition) is 1. The largest absolute Gasteiger partial charge is 0.309 e. The van der Waals surface area contributed by atoms with Crippen LogP contribution in [0.4, 0.5) is 4.39 Å². The first kappa shape index (κ1) is 14.8. The number of sulfone groups is 1. The van der Waals surface area contributed by atoms with Gasteiger partial charge in [-0.2, -0.15) is 0 Å². The molecule has 1 saturated heterocycles. The molecular formula is C13H17ClFNO2S. The maximum absolute atomic E-state index is 13.3. The van der Waals surface area contributed by atoms with Crippen molar-refractivity contribution in [2.24, 2.45) is 0 Å². The third kappa shape index (κ3) is 3.46. The van der Waals surface area contributed by atoms with Crippen molar-refractivity contribution in [3.63, 3.8) is 0 Å². The zero-order valence-corrected chi connectivity index (χ0v) is 12.3.